The Morgan fingerprint density at radius 3 is 2.52 bits per heavy atom. The van der Waals surface area contributed by atoms with Crippen molar-refractivity contribution in [3.63, 3.8) is 0 Å². The molecule has 0 bridgehead atoms. The molecule has 29 heavy (non-hydrogen) atoms. The van der Waals surface area contributed by atoms with Crippen molar-refractivity contribution in [2.24, 2.45) is 0 Å². The molecular weight excluding hydrogens is 390 g/mol. The van der Waals surface area contributed by atoms with E-state index in [1.54, 1.807) is 0 Å². The number of carbonyl (C=O) groups is 1. The molecule has 1 saturated heterocycles. The van der Waals surface area contributed by atoms with Crippen LogP contribution >= 0.6 is 11.6 Å². The second kappa shape index (κ2) is 10.1. The van der Waals surface area contributed by atoms with Crippen LogP contribution in [-0.2, 0) is 4.79 Å². The molecular formula is C22H34ClN3O3. The number of amides is 1. The van der Waals surface area contributed by atoms with Crippen LogP contribution in [-0.4, -0.2) is 78.8 Å². The van der Waals surface area contributed by atoms with Crippen molar-refractivity contribution in [3.05, 3.63) is 28.3 Å². The first-order chi connectivity index (χ1) is 13.8. The summed E-state index contributed by atoms with van der Waals surface area (Å²) in [5, 5.41) is 14.2. The van der Waals surface area contributed by atoms with Crippen molar-refractivity contribution in [1.29, 1.82) is 0 Å². The molecule has 1 heterocycles. The number of nitrogens with zero attached hydrogens (tertiary/aromatic N) is 2. The largest absolute Gasteiger partial charge is 0.491 e. The number of nitrogens with one attached hydrogen (secondary N) is 1. The maximum absolute atomic E-state index is 11.9. The van der Waals surface area contributed by atoms with Gasteiger partial charge in [0.25, 0.3) is 0 Å². The van der Waals surface area contributed by atoms with Crippen LogP contribution in [0.4, 0.5) is 0 Å². The smallest absolute Gasteiger partial charge is 0.234 e. The average Bonchev–Trinajstić information content (AvgIpc) is 3.47. The van der Waals surface area contributed by atoms with E-state index >= 15 is 0 Å². The van der Waals surface area contributed by atoms with E-state index in [4.69, 9.17) is 16.3 Å². The molecule has 1 atom stereocenters. The van der Waals surface area contributed by atoms with Crippen molar-refractivity contribution >= 4 is 17.5 Å². The minimum Gasteiger partial charge on any atom is -0.491 e. The van der Waals surface area contributed by atoms with E-state index in [0.717, 1.165) is 60.9 Å². The third kappa shape index (κ3) is 6.85. The van der Waals surface area contributed by atoms with Crippen molar-refractivity contribution < 1.29 is 14.6 Å². The zero-order valence-corrected chi connectivity index (χ0v) is 18.5. The van der Waals surface area contributed by atoms with E-state index in [-0.39, 0.29) is 12.5 Å². The lowest BCUT2D eigenvalue weighted by Crippen LogP contribution is -2.51. The zero-order chi connectivity index (χ0) is 21.0. The number of rotatable bonds is 9. The third-order valence-corrected chi connectivity index (χ3v) is 6.00. The molecule has 0 aromatic heterocycles. The normalized spacial score (nSPS) is 19.4. The van der Waals surface area contributed by atoms with Gasteiger partial charge in [-0.3, -0.25) is 14.6 Å². The number of halogens is 1. The highest BCUT2D eigenvalue weighted by atomic mass is 35.5. The van der Waals surface area contributed by atoms with Gasteiger partial charge in [-0.1, -0.05) is 25.4 Å². The minimum absolute atomic E-state index is 0.133. The maximum atomic E-state index is 11.9. The van der Waals surface area contributed by atoms with Crippen LogP contribution in [0.25, 0.3) is 0 Å². The highest BCUT2D eigenvalue weighted by Crippen LogP contribution is 2.32. The molecule has 3 rings (SSSR count). The summed E-state index contributed by atoms with van der Waals surface area (Å²) in [6, 6.07) is 4.33. The fourth-order valence-corrected chi connectivity index (χ4v) is 3.79. The van der Waals surface area contributed by atoms with E-state index in [2.05, 4.69) is 29.0 Å². The molecule has 1 aliphatic carbocycles. The average molecular weight is 424 g/mol. The van der Waals surface area contributed by atoms with Crippen molar-refractivity contribution in [1.82, 2.24) is 15.1 Å². The summed E-state index contributed by atoms with van der Waals surface area (Å²) in [7, 11) is 0. The number of aryl methyl sites for hydroxylation is 1. The number of aliphatic hydroxyl groups is 1. The van der Waals surface area contributed by atoms with E-state index < -0.39 is 6.10 Å². The van der Waals surface area contributed by atoms with Gasteiger partial charge in [-0.15, -0.1) is 0 Å². The lowest BCUT2D eigenvalue weighted by atomic mass is 10.0. The van der Waals surface area contributed by atoms with E-state index in [9.17, 15) is 9.90 Å². The Morgan fingerprint density at radius 2 is 1.90 bits per heavy atom. The molecule has 2 fully saturated rings. The van der Waals surface area contributed by atoms with Gasteiger partial charge in [-0.05, 0) is 48.9 Å². The second-order valence-electron chi connectivity index (χ2n) is 8.68. The van der Waals surface area contributed by atoms with Gasteiger partial charge in [0.2, 0.25) is 5.91 Å². The van der Waals surface area contributed by atoms with Gasteiger partial charge >= 0.3 is 0 Å². The van der Waals surface area contributed by atoms with Gasteiger partial charge in [0.15, 0.2) is 0 Å². The number of ether oxygens (including phenoxy) is 1. The lowest BCUT2D eigenvalue weighted by molar-refractivity contribution is -0.122. The molecule has 7 heteroatoms. The number of piperazine rings is 1. The van der Waals surface area contributed by atoms with Crippen molar-refractivity contribution in [2.45, 2.75) is 51.7 Å². The fourth-order valence-electron chi connectivity index (χ4n) is 3.62. The highest BCUT2D eigenvalue weighted by Gasteiger charge is 2.25. The summed E-state index contributed by atoms with van der Waals surface area (Å²) < 4.78 is 5.96. The Hall–Kier alpha value is -1.34. The SMILES string of the molecule is Cc1cc(OCC(O)CN2CCN(CC(=O)NC3CC3)CC2)c(C(C)C)cc1Cl. The fraction of sp³-hybridized carbons (Fsp3) is 0.682. The molecule has 2 aliphatic rings. The number of carbonyl (C=O) groups excluding carboxylic acids is 1. The molecule has 1 saturated carbocycles. The van der Waals surface area contributed by atoms with Crippen LogP contribution in [0.3, 0.4) is 0 Å². The molecule has 0 spiro atoms. The first-order valence-electron chi connectivity index (χ1n) is 10.7. The Balaban J connectivity index is 1.41. The van der Waals surface area contributed by atoms with Gasteiger partial charge in [0.1, 0.15) is 18.5 Å². The van der Waals surface area contributed by atoms with Crippen LogP contribution in [0.2, 0.25) is 5.02 Å². The molecule has 2 N–H and O–H groups in total. The zero-order valence-electron chi connectivity index (χ0n) is 17.8. The minimum atomic E-state index is -0.560. The van der Waals surface area contributed by atoms with Gasteiger partial charge in [0.05, 0.1) is 6.54 Å². The highest BCUT2D eigenvalue weighted by molar-refractivity contribution is 6.31. The van der Waals surface area contributed by atoms with Crippen LogP contribution in [0, 0.1) is 6.92 Å². The van der Waals surface area contributed by atoms with Gasteiger partial charge in [-0.25, -0.2) is 0 Å². The summed E-state index contributed by atoms with van der Waals surface area (Å²) in [6.07, 6.45) is 1.68. The molecule has 1 aromatic carbocycles. The van der Waals surface area contributed by atoms with Crippen LogP contribution < -0.4 is 10.1 Å². The summed E-state index contributed by atoms with van der Waals surface area (Å²) >= 11 is 6.25. The van der Waals surface area contributed by atoms with Crippen LogP contribution in [0.15, 0.2) is 12.1 Å². The van der Waals surface area contributed by atoms with E-state index in [1.807, 2.05) is 19.1 Å². The Bertz CT molecular complexity index is 701. The molecule has 1 aliphatic heterocycles. The van der Waals surface area contributed by atoms with E-state index in [1.165, 1.54) is 0 Å². The number of β-amino-alcohol motifs (C(OH)–C–C–N with tert-alkyl or cyclic N) is 1. The van der Waals surface area contributed by atoms with Gasteiger partial charge in [0, 0.05) is 43.8 Å². The topological polar surface area (TPSA) is 65.0 Å². The predicted octanol–water partition coefficient (Wildman–Crippen LogP) is 2.41. The van der Waals surface area contributed by atoms with Gasteiger partial charge < -0.3 is 15.2 Å². The monoisotopic (exact) mass is 423 g/mol. The Morgan fingerprint density at radius 1 is 1.24 bits per heavy atom. The Kier molecular flexibility index (Phi) is 7.79. The standard InChI is InChI=1S/C22H34ClN3O3/c1-15(2)19-11-20(23)16(3)10-21(19)29-14-18(27)12-25-6-8-26(9-7-25)13-22(28)24-17-4-5-17/h10-11,15,17-18,27H,4-9,12-14H2,1-3H3,(H,24,28). The number of benzene rings is 1. The molecule has 0 radical (unpaired) electrons. The van der Waals surface area contributed by atoms with Crippen molar-refractivity contribution in [3.8, 4) is 5.75 Å². The van der Waals surface area contributed by atoms with Crippen LogP contribution in [0.5, 0.6) is 5.75 Å². The molecule has 1 unspecified atom stereocenters. The first kappa shape index (κ1) is 22.3. The van der Waals surface area contributed by atoms with Crippen LogP contribution in [0.1, 0.15) is 43.7 Å². The third-order valence-electron chi connectivity index (χ3n) is 5.59. The van der Waals surface area contributed by atoms with Gasteiger partial charge in [-0.2, -0.15) is 0 Å². The summed E-state index contributed by atoms with van der Waals surface area (Å²) in [4.78, 5) is 16.3. The number of aliphatic hydroxyl groups excluding tert-OH is 1. The molecule has 1 amide bonds. The van der Waals surface area contributed by atoms with E-state index in [0.29, 0.717) is 25.0 Å². The summed E-state index contributed by atoms with van der Waals surface area (Å²) in [6.45, 7) is 10.9. The Labute approximate surface area is 179 Å². The van der Waals surface area contributed by atoms with Crippen molar-refractivity contribution in [2.75, 3.05) is 45.9 Å². The molecule has 162 valence electrons. The second-order valence-corrected chi connectivity index (χ2v) is 9.08. The predicted molar refractivity (Wildman–Crippen MR) is 116 cm³/mol. The summed E-state index contributed by atoms with van der Waals surface area (Å²) in [5.74, 6) is 1.23. The number of hydrogen-bond acceptors (Lipinski definition) is 5. The first-order valence-corrected chi connectivity index (χ1v) is 11.0. The molecule has 1 aromatic rings. The quantitative estimate of drug-likeness (QED) is 0.638. The molecule has 6 nitrogen and oxygen atoms in total. The number of hydrogen-bond donors (Lipinski definition) is 2. The maximum Gasteiger partial charge on any atom is 0.234 e. The lowest BCUT2D eigenvalue weighted by Gasteiger charge is -2.35. The summed E-state index contributed by atoms with van der Waals surface area (Å²) in [5.41, 5.74) is 2.04.